The number of nitrogens with one attached hydrogen (secondary N) is 1. The number of ether oxygens (including phenoxy) is 1. The summed E-state index contributed by atoms with van der Waals surface area (Å²) in [4.78, 5) is 12.0. The van der Waals surface area contributed by atoms with Gasteiger partial charge in [-0.3, -0.25) is 4.79 Å². The Morgan fingerprint density at radius 3 is 2.55 bits per heavy atom. The quantitative estimate of drug-likeness (QED) is 0.802. The molecule has 0 aliphatic rings. The molecule has 1 aromatic heterocycles. The summed E-state index contributed by atoms with van der Waals surface area (Å²) in [5, 5.41) is 3.18. The van der Waals surface area contributed by atoms with E-state index in [-0.39, 0.29) is 4.87 Å². The normalized spacial score (nSPS) is 10.5. The molecule has 0 unspecified atom stereocenters. The van der Waals surface area contributed by atoms with Crippen molar-refractivity contribution >= 4 is 23.2 Å². The minimum atomic E-state index is -0.120. The van der Waals surface area contributed by atoms with Gasteiger partial charge in [0.2, 0.25) is 5.95 Å². The molecule has 0 fully saturated rings. The molecule has 5 nitrogen and oxygen atoms in total. The van der Waals surface area contributed by atoms with Crippen LogP contribution in [-0.4, -0.2) is 16.1 Å². The Labute approximate surface area is 132 Å². The van der Waals surface area contributed by atoms with E-state index < -0.39 is 0 Å². The van der Waals surface area contributed by atoms with Gasteiger partial charge in [0, 0.05) is 17.2 Å². The maximum atomic E-state index is 12.1. The third-order valence-corrected chi connectivity index (χ3v) is 3.91. The zero-order valence-electron chi connectivity index (χ0n) is 12.2. The van der Waals surface area contributed by atoms with Gasteiger partial charge in [0.15, 0.2) is 0 Å². The molecule has 0 spiro atoms. The number of anilines is 2. The molecule has 0 aliphatic heterocycles. The molecule has 0 saturated heterocycles. The summed E-state index contributed by atoms with van der Waals surface area (Å²) in [5.74, 6) is 1.29. The van der Waals surface area contributed by atoms with Gasteiger partial charge in [-0.05, 0) is 42.8 Å². The lowest BCUT2D eigenvalue weighted by atomic mass is 10.2. The van der Waals surface area contributed by atoms with E-state index >= 15 is 0 Å². The molecule has 0 atom stereocenters. The highest BCUT2D eigenvalue weighted by Gasteiger charge is 2.12. The summed E-state index contributed by atoms with van der Waals surface area (Å²) in [6.07, 6.45) is 0. The van der Waals surface area contributed by atoms with E-state index in [2.05, 4.69) is 9.69 Å². The topological polar surface area (TPSA) is 56.1 Å². The van der Waals surface area contributed by atoms with Crippen LogP contribution in [0.3, 0.4) is 0 Å². The van der Waals surface area contributed by atoms with Gasteiger partial charge >= 0.3 is 4.87 Å². The fraction of sp³-hybridized carbons (Fsp3) is 0.125. The monoisotopic (exact) mass is 313 g/mol. The first-order valence-electron chi connectivity index (χ1n) is 6.75. The summed E-state index contributed by atoms with van der Waals surface area (Å²) in [6, 6.07) is 15.2. The minimum Gasteiger partial charge on any atom is -0.497 e. The van der Waals surface area contributed by atoms with Crippen LogP contribution in [0, 0.1) is 6.92 Å². The van der Waals surface area contributed by atoms with Gasteiger partial charge in [-0.2, -0.15) is 4.37 Å². The number of hydrogen-bond donors (Lipinski definition) is 1. The molecule has 6 heteroatoms. The molecule has 0 amide bonds. The molecule has 1 heterocycles. The van der Waals surface area contributed by atoms with Crippen LogP contribution in [0.1, 0.15) is 5.56 Å². The molecular weight excluding hydrogens is 298 g/mol. The summed E-state index contributed by atoms with van der Waals surface area (Å²) in [7, 11) is 1.62. The fourth-order valence-corrected chi connectivity index (χ4v) is 2.72. The van der Waals surface area contributed by atoms with Crippen LogP contribution in [0.2, 0.25) is 0 Å². The predicted octanol–water partition coefficient (Wildman–Crippen LogP) is 3.35. The van der Waals surface area contributed by atoms with Crippen molar-refractivity contribution in [2.75, 3.05) is 12.4 Å². The zero-order chi connectivity index (χ0) is 15.5. The third-order valence-electron chi connectivity index (χ3n) is 3.31. The number of methoxy groups -OCH3 is 1. The van der Waals surface area contributed by atoms with Gasteiger partial charge in [0.25, 0.3) is 0 Å². The van der Waals surface area contributed by atoms with Crippen LogP contribution in [0.25, 0.3) is 5.69 Å². The maximum Gasteiger partial charge on any atom is 0.332 e. The Morgan fingerprint density at radius 2 is 1.86 bits per heavy atom. The summed E-state index contributed by atoms with van der Waals surface area (Å²) >= 11 is 0.932. The molecule has 22 heavy (non-hydrogen) atoms. The number of aryl methyl sites for hydroxylation is 1. The van der Waals surface area contributed by atoms with Crippen LogP contribution < -0.4 is 14.9 Å². The Bertz CT molecular complexity index is 837. The average Bonchev–Trinajstić information content (AvgIpc) is 2.89. The number of hydrogen-bond acceptors (Lipinski definition) is 5. The smallest absolute Gasteiger partial charge is 0.332 e. The summed E-state index contributed by atoms with van der Waals surface area (Å²) in [6.45, 7) is 1.97. The second-order valence-corrected chi connectivity index (χ2v) is 5.46. The van der Waals surface area contributed by atoms with Crippen LogP contribution >= 0.6 is 11.5 Å². The van der Waals surface area contributed by atoms with Gasteiger partial charge in [0.05, 0.1) is 12.8 Å². The number of rotatable bonds is 4. The molecule has 112 valence electrons. The van der Waals surface area contributed by atoms with E-state index in [1.807, 2.05) is 55.5 Å². The van der Waals surface area contributed by atoms with E-state index in [1.165, 1.54) is 0 Å². The molecular formula is C16H15N3O2S. The third kappa shape index (κ3) is 2.73. The summed E-state index contributed by atoms with van der Waals surface area (Å²) < 4.78 is 10.9. The van der Waals surface area contributed by atoms with E-state index in [4.69, 9.17) is 4.74 Å². The number of para-hydroxylation sites is 1. The number of aromatic nitrogens is 2. The standard InChI is InChI=1S/C16H15N3O2S/c1-11-5-3-4-6-14(11)19-15(18-22-16(19)20)17-12-7-9-13(21-2)10-8-12/h3-10H,1-2H3,(H,17,18). The van der Waals surface area contributed by atoms with E-state index in [0.717, 1.165) is 34.2 Å². The maximum absolute atomic E-state index is 12.1. The van der Waals surface area contributed by atoms with Crippen molar-refractivity contribution in [3.8, 4) is 11.4 Å². The van der Waals surface area contributed by atoms with Crippen LogP contribution in [-0.2, 0) is 0 Å². The molecule has 2 aromatic carbocycles. The second kappa shape index (κ2) is 6.03. The minimum absolute atomic E-state index is 0.120. The van der Waals surface area contributed by atoms with Crippen molar-refractivity contribution in [2.45, 2.75) is 6.92 Å². The molecule has 0 aliphatic carbocycles. The van der Waals surface area contributed by atoms with Crippen LogP contribution in [0.4, 0.5) is 11.6 Å². The molecule has 1 N–H and O–H groups in total. The van der Waals surface area contributed by atoms with E-state index in [0.29, 0.717) is 5.95 Å². The molecule has 0 bridgehead atoms. The second-order valence-electron chi connectivity index (χ2n) is 4.75. The first-order chi connectivity index (χ1) is 10.7. The van der Waals surface area contributed by atoms with Crippen molar-refractivity contribution in [3.05, 3.63) is 63.8 Å². The molecule has 3 rings (SSSR count). The lowest BCUT2D eigenvalue weighted by Gasteiger charge is -2.10. The Hall–Kier alpha value is -2.60. The SMILES string of the molecule is COc1ccc(Nc2nsc(=O)n2-c2ccccc2C)cc1. The number of benzene rings is 2. The number of nitrogens with zero attached hydrogens (tertiary/aromatic N) is 2. The van der Waals surface area contributed by atoms with E-state index in [9.17, 15) is 4.79 Å². The van der Waals surface area contributed by atoms with Gasteiger partial charge in [-0.1, -0.05) is 18.2 Å². The molecule has 0 saturated carbocycles. The van der Waals surface area contributed by atoms with Crippen LogP contribution in [0.15, 0.2) is 53.3 Å². The fourth-order valence-electron chi connectivity index (χ4n) is 2.16. The highest BCUT2D eigenvalue weighted by molar-refractivity contribution is 7.03. The van der Waals surface area contributed by atoms with Crippen molar-refractivity contribution in [2.24, 2.45) is 0 Å². The largest absolute Gasteiger partial charge is 0.497 e. The molecule has 0 radical (unpaired) electrons. The lowest BCUT2D eigenvalue weighted by Crippen LogP contribution is -2.14. The van der Waals surface area contributed by atoms with Gasteiger partial charge < -0.3 is 10.1 Å². The predicted molar refractivity (Wildman–Crippen MR) is 88.7 cm³/mol. The van der Waals surface area contributed by atoms with E-state index in [1.54, 1.807) is 11.7 Å². The molecule has 3 aromatic rings. The Balaban J connectivity index is 1.99. The Morgan fingerprint density at radius 1 is 1.14 bits per heavy atom. The van der Waals surface area contributed by atoms with Crippen molar-refractivity contribution in [1.82, 2.24) is 8.94 Å². The van der Waals surface area contributed by atoms with Crippen molar-refractivity contribution in [3.63, 3.8) is 0 Å². The first kappa shape index (κ1) is 14.3. The van der Waals surface area contributed by atoms with Gasteiger partial charge in [-0.25, -0.2) is 4.57 Å². The van der Waals surface area contributed by atoms with Crippen molar-refractivity contribution in [1.29, 1.82) is 0 Å². The highest BCUT2D eigenvalue weighted by Crippen LogP contribution is 2.22. The van der Waals surface area contributed by atoms with Crippen molar-refractivity contribution < 1.29 is 4.74 Å². The zero-order valence-corrected chi connectivity index (χ0v) is 13.1. The summed E-state index contributed by atoms with van der Waals surface area (Å²) in [5.41, 5.74) is 2.69. The lowest BCUT2D eigenvalue weighted by molar-refractivity contribution is 0.415. The average molecular weight is 313 g/mol. The van der Waals surface area contributed by atoms with Gasteiger partial charge in [-0.15, -0.1) is 0 Å². The van der Waals surface area contributed by atoms with Crippen LogP contribution in [0.5, 0.6) is 5.75 Å². The first-order valence-corrected chi connectivity index (χ1v) is 7.52. The highest BCUT2D eigenvalue weighted by atomic mass is 32.1. The van der Waals surface area contributed by atoms with Gasteiger partial charge in [0.1, 0.15) is 5.75 Å². The Kier molecular flexibility index (Phi) is 3.93.